The number of imidazole rings is 1. The lowest BCUT2D eigenvalue weighted by atomic mass is 10.0. The number of nitrogens with zero attached hydrogens (tertiary/aromatic N) is 5. The van der Waals surface area contributed by atoms with Crippen molar-refractivity contribution in [3.63, 3.8) is 0 Å². The number of carbonyl (C=O) groups excluding carboxylic acids is 1. The first kappa shape index (κ1) is 21.7. The van der Waals surface area contributed by atoms with Crippen LogP contribution >= 0.6 is 0 Å². The highest BCUT2D eigenvalue weighted by molar-refractivity contribution is 7.91. The summed E-state index contributed by atoms with van der Waals surface area (Å²) in [6.45, 7) is 1.67. The van der Waals surface area contributed by atoms with Crippen LogP contribution in [0.3, 0.4) is 0 Å². The van der Waals surface area contributed by atoms with Gasteiger partial charge in [-0.05, 0) is 36.2 Å². The van der Waals surface area contributed by atoms with E-state index in [1.54, 1.807) is 66.3 Å². The van der Waals surface area contributed by atoms with Gasteiger partial charge >= 0.3 is 0 Å². The molecule has 0 spiro atoms. The lowest BCUT2D eigenvalue weighted by Gasteiger charge is -2.07. The van der Waals surface area contributed by atoms with Gasteiger partial charge < -0.3 is 4.52 Å². The summed E-state index contributed by atoms with van der Waals surface area (Å²) >= 11 is 0. The number of hydrogen-bond acceptors (Lipinski definition) is 8. The lowest BCUT2D eigenvalue weighted by Crippen LogP contribution is -2.05. The molecule has 9 nitrogen and oxygen atoms in total. The predicted molar refractivity (Wildman–Crippen MR) is 122 cm³/mol. The monoisotopic (exact) mass is 473 g/mol. The lowest BCUT2D eigenvalue weighted by molar-refractivity contribution is 0.0982. The molecule has 5 rings (SSSR count). The third kappa shape index (κ3) is 4.23. The first-order valence-corrected chi connectivity index (χ1v) is 12.0. The molecule has 0 N–H and O–H groups in total. The second-order valence-corrected chi connectivity index (χ2v) is 9.66. The highest BCUT2D eigenvalue weighted by atomic mass is 32.2. The van der Waals surface area contributed by atoms with Crippen molar-refractivity contribution in [3.05, 3.63) is 90.3 Å². The summed E-state index contributed by atoms with van der Waals surface area (Å²) in [4.78, 5) is 25.2. The van der Waals surface area contributed by atoms with Crippen LogP contribution in [-0.4, -0.2) is 38.7 Å². The van der Waals surface area contributed by atoms with Crippen molar-refractivity contribution < 1.29 is 17.7 Å². The number of fused-ring (bicyclic) bond motifs is 1. The Bertz CT molecular complexity index is 1600. The van der Waals surface area contributed by atoms with Crippen molar-refractivity contribution in [1.29, 1.82) is 0 Å². The number of aryl methyl sites for hydroxylation is 2. The molecule has 3 heterocycles. The third-order valence-electron chi connectivity index (χ3n) is 5.37. The highest BCUT2D eigenvalue weighted by Crippen LogP contribution is 2.25. The molecule has 0 radical (unpaired) electrons. The fourth-order valence-electron chi connectivity index (χ4n) is 3.55. The summed E-state index contributed by atoms with van der Waals surface area (Å²) in [5.41, 5.74) is 1.91. The van der Waals surface area contributed by atoms with Crippen LogP contribution in [0.2, 0.25) is 0 Å². The van der Waals surface area contributed by atoms with Gasteiger partial charge in [0.05, 0.1) is 15.4 Å². The van der Waals surface area contributed by atoms with Gasteiger partial charge in [0.1, 0.15) is 0 Å². The van der Waals surface area contributed by atoms with Crippen LogP contribution < -0.4 is 0 Å². The van der Waals surface area contributed by atoms with E-state index in [1.165, 1.54) is 18.3 Å². The Kier molecular flexibility index (Phi) is 5.50. The van der Waals surface area contributed by atoms with Crippen LogP contribution in [0.5, 0.6) is 0 Å². The van der Waals surface area contributed by atoms with E-state index in [4.69, 9.17) is 4.52 Å². The quantitative estimate of drug-likeness (QED) is 0.328. The highest BCUT2D eigenvalue weighted by Gasteiger charge is 2.19. The first-order valence-electron chi connectivity index (χ1n) is 10.5. The maximum absolute atomic E-state index is 13.1. The number of Topliss-reactive ketones (excluding diaryl/α,β-unsaturated/α-hetero) is 1. The molecule has 0 saturated carbocycles. The van der Waals surface area contributed by atoms with Crippen molar-refractivity contribution in [2.45, 2.75) is 29.6 Å². The molecule has 170 valence electrons. The number of rotatable bonds is 7. The second kappa shape index (κ2) is 8.64. The Morgan fingerprint density at radius 3 is 2.65 bits per heavy atom. The van der Waals surface area contributed by atoms with Gasteiger partial charge in [0.25, 0.3) is 0 Å². The molecular formula is C24H19N5O4S. The summed E-state index contributed by atoms with van der Waals surface area (Å²) in [6.07, 6.45) is 7.33. The number of aromatic nitrogens is 5. The molecule has 34 heavy (non-hydrogen) atoms. The predicted octanol–water partition coefficient (Wildman–Crippen LogP) is 3.74. The number of benzene rings is 2. The molecule has 2 aromatic carbocycles. The van der Waals surface area contributed by atoms with Gasteiger partial charge in [-0.3, -0.25) is 9.20 Å². The maximum atomic E-state index is 13.1. The normalized spacial score (nSPS) is 11.7. The Morgan fingerprint density at radius 2 is 1.88 bits per heavy atom. The molecule has 10 heteroatoms. The average Bonchev–Trinajstić information content (AvgIpc) is 3.51. The van der Waals surface area contributed by atoms with Gasteiger partial charge in [-0.1, -0.05) is 29.4 Å². The van der Waals surface area contributed by atoms with Gasteiger partial charge in [0.2, 0.25) is 27.3 Å². The summed E-state index contributed by atoms with van der Waals surface area (Å²) in [5.74, 6) is 1.22. The van der Waals surface area contributed by atoms with Gasteiger partial charge in [-0.2, -0.15) is 4.98 Å². The molecule has 0 atom stereocenters. The first-order chi connectivity index (χ1) is 16.4. The molecular weight excluding hydrogens is 454 g/mol. The van der Waals surface area contributed by atoms with Crippen LogP contribution in [0.1, 0.15) is 28.2 Å². The molecule has 0 aliphatic rings. The van der Waals surface area contributed by atoms with Gasteiger partial charge in [0, 0.05) is 43.7 Å². The maximum Gasteiger partial charge on any atom is 0.233 e. The topological polar surface area (TPSA) is 120 Å². The number of hydrogen-bond donors (Lipinski definition) is 0. The molecule has 0 bridgehead atoms. The summed E-state index contributed by atoms with van der Waals surface area (Å²) in [7, 11) is -3.74. The zero-order chi connectivity index (χ0) is 23.7. The van der Waals surface area contributed by atoms with Gasteiger partial charge in [-0.15, -0.1) is 0 Å². The average molecular weight is 474 g/mol. The fraction of sp³-hybridized carbons (Fsp3) is 0.125. The molecule has 0 saturated heterocycles. The van der Waals surface area contributed by atoms with E-state index in [9.17, 15) is 13.2 Å². The van der Waals surface area contributed by atoms with E-state index >= 15 is 0 Å². The smallest absolute Gasteiger partial charge is 0.233 e. The number of sulfone groups is 1. The van der Waals surface area contributed by atoms with Crippen molar-refractivity contribution >= 4 is 21.4 Å². The molecule has 3 aromatic heterocycles. The van der Waals surface area contributed by atoms with Gasteiger partial charge in [-0.25, -0.2) is 18.4 Å². The Hall–Kier alpha value is -4.18. The summed E-state index contributed by atoms with van der Waals surface area (Å²) in [5, 5.41) is 3.85. The standard InChI is InChI=1S/C24H19N5O4S/c1-16-27-23(28-33-16)18-3-2-4-21(13-18)34(31,32)20-8-5-17(6-9-20)7-10-22(30)19-14-26-24-25-11-12-29(24)15-19/h2-6,8-9,11-15H,7,10H2,1H3. The Labute approximate surface area is 195 Å². The second-order valence-electron chi connectivity index (χ2n) is 7.71. The molecule has 0 aliphatic heterocycles. The third-order valence-corrected chi connectivity index (χ3v) is 7.14. The van der Waals surface area contributed by atoms with E-state index < -0.39 is 9.84 Å². The van der Waals surface area contributed by atoms with E-state index in [-0.39, 0.29) is 22.0 Å². The van der Waals surface area contributed by atoms with E-state index in [0.29, 0.717) is 35.0 Å². The Balaban J connectivity index is 1.30. The largest absolute Gasteiger partial charge is 0.339 e. The molecule has 0 fully saturated rings. The Morgan fingerprint density at radius 1 is 1.06 bits per heavy atom. The van der Waals surface area contributed by atoms with E-state index in [2.05, 4.69) is 20.1 Å². The van der Waals surface area contributed by atoms with Crippen molar-refractivity contribution in [1.82, 2.24) is 24.5 Å². The van der Waals surface area contributed by atoms with Crippen LogP contribution in [0.4, 0.5) is 0 Å². The van der Waals surface area contributed by atoms with Crippen molar-refractivity contribution in [2.75, 3.05) is 0 Å². The summed E-state index contributed by atoms with van der Waals surface area (Å²) in [6, 6.07) is 13.0. The van der Waals surface area contributed by atoms with E-state index in [0.717, 1.165) is 5.56 Å². The minimum atomic E-state index is -3.74. The number of ketones is 1. The van der Waals surface area contributed by atoms with Crippen LogP contribution in [0.25, 0.3) is 17.2 Å². The zero-order valence-electron chi connectivity index (χ0n) is 18.1. The minimum absolute atomic E-state index is 0.0479. The zero-order valence-corrected chi connectivity index (χ0v) is 18.9. The van der Waals surface area contributed by atoms with Crippen LogP contribution in [-0.2, 0) is 16.3 Å². The fourth-order valence-corrected chi connectivity index (χ4v) is 4.86. The van der Waals surface area contributed by atoms with Crippen molar-refractivity contribution in [2.24, 2.45) is 0 Å². The number of carbonyl (C=O) groups is 1. The van der Waals surface area contributed by atoms with Crippen LogP contribution in [0.15, 0.2) is 87.6 Å². The molecule has 5 aromatic rings. The van der Waals surface area contributed by atoms with Gasteiger partial charge in [0.15, 0.2) is 5.78 Å². The summed E-state index contributed by atoms with van der Waals surface area (Å²) < 4.78 is 33.0. The van der Waals surface area contributed by atoms with Crippen LogP contribution in [0, 0.1) is 6.92 Å². The SMILES string of the molecule is Cc1nc(-c2cccc(S(=O)(=O)c3ccc(CCC(=O)c4cnc5nccn5c4)cc3)c2)no1. The molecule has 0 aliphatic carbocycles. The minimum Gasteiger partial charge on any atom is -0.339 e. The van der Waals surface area contributed by atoms with E-state index in [1.807, 2.05) is 0 Å². The van der Waals surface area contributed by atoms with Crippen molar-refractivity contribution in [3.8, 4) is 11.4 Å². The molecule has 0 unspecified atom stereocenters. The molecule has 0 amide bonds.